The number of methoxy groups -OCH3 is 1. The van der Waals surface area contributed by atoms with Gasteiger partial charge in [0.15, 0.2) is 0 Å². The molecular weight excluding hydrogens is 378 g/mol. The molecule has 6 nitrogen and oxygen atoms in total. The topological polar surface area (TPSA) is 72.5 Å². The van der Waals surface area contributed by atoms with E-state index in [9.17, 15) is 4.79 Å². The van der Waals surface area contributed by atoms with Gasteiger partial charge in [-0.3, -0.25) is 4.79 Å². The van der Waals surface area contributed by atoms with Crippen LogP contribution in [0.15, 0.2) is 66.9 Å². The molecular formula is C21H20ClN3O3. The van der Waals surface area contributed by atoms with Gasteiger partial charge >= 0.3 is 0 Å². The maximum Gasteiger partial charge on any atom is 0.257 e. The molecule has 28 heavy (non-hydrogen) atoms. The Morgan fingerprint density at radius 2 is 1.86 bits per heavy atom. The molecule has 7 heteroatoms. The number of carbonyl (C=O) groups is 1. The highest BCUT2D eigenvalue weighted by atomic mass is 35.5. The van der Waals surface area contributed by atoms with E-state index in [1.165, 1.54) is 6.20 Å². The quantitative estimate of drug-likeness (QED) is 0.548. The van der Waals surface area contributed by atoms with Crippen LogP contribution in [-0.4, -0.2) is 31.2 Å². The molecule has 0 unspecified atom stereocenters. The molecule has 2 aromatic carbocycles. The fourth-order valence-electron chi connectivity index (χ4n) is 2.42. The summed E-state index contributed by atoms with van der Waals surface area (Å²) in [5.74, 6) is 1.97. The van der Waals surface area contributed by atoms with Gasteiger partial charge in [0.2, 0.25) is 0 Å². The number of pyridine rings is 1. The minimum Gasteiger partial charge on any atom is -0.497 e. The van der Waals surface area contributed by atoms with Gasteiger partial charge in [0, 0.05) is 16.9 Å². The van der Waals surface area contributed by atoms with Crippen molar-refractivity contribution in [1.82, 2.24) is 4.98 Å². The monoisotopic (exact) mass is 397 g/mol. The fourth-order valence-corrected chi connectivity index (χ4v) is 2.61. The predicted octanol–water partition coefficient (Wildman–Crippen LogP) is 4.49. The first-order valence-corrected chi connectivity index (χ1v) is 9.05. The lowest BCUT2D eigenvalue weighted by Crippen LogP contribution is -2.14. The number of aromatic nitrogens is 1. The van der Waals surface area contributed by atoms with E-state index < -0.39 is 0 Å². The molecule has 0 fully saturated rings. The van der Waals surface area contributed by atoms with E-state index in [0.29, 0.717) is 35.2 Å². The fraction of sp³-hybridized carbons (Fsp3) is 0.143. The van der Waals surface area contributed by atoms with E-state index in [1.807, 2.05) is 24.3 Å². The van der Waals surface area contributed by atoms with Crippen LogP contribution in [0.2, 0.25) is 5.02 Å². The molecule has 1 heterocycles. The maximum atomic E-state index is 12.3. The number of benzene rings is 2. The molecule has 3 aromatic rings. The number of rotatable bonds is 8. The van der Waals surface area contributed by atoms with Crippen molar-refractivity contribution in [3.8, 4) is 11.5 Å². The summed E-state index contributed by atoms with van der Waals surface area (Å²) in [4.78, 5) is 16.5. The first kappa shape index (κ1) is 19.5. The van der Waals surface area contributed by atoms with Gasteiger partial charge in [0.05, 0.1) is 19.2 Å². The van der Waals surface area contributed by atoms with Crippen LogP contribution in [-0.2, 0) is 0 Å². The summed E-state index contributed by atoms with van der Waals surface area (Å²) in [6.07, 6.45) is 1.52. The summed E-state index contributed by atoms with van der Waals surface area (Å²) >= 11 is 5.92. The van der Waals surface area contributed by atoms with Gasteiger partial charge in [-0.1, -0.05) is 17.7 Å². The van der Waals surface area contributed by atoms with Crippen molar-refractivity contribution < 1.29 is 14.3 Å². The number of halogens is 1. The molecule has 0 aliphatic carbocycles. The van der Waals surface area contributed by atoms with Crippen LogP contribution in [0, 0.1) is 0 Å². The van der Waals surface area contributed by atoms with Crippen molar-refractivity contribution in [3.63, 3.8) is 0 Å². The molecule has 0 aliphatic rings. The third kappa shape index (κ3) is 5.62. The van der Waals surface area contributed by atoms with E-state index in [2.05, 4.69) is 15.6 Å². The van der Waals surface area contributed by atoms with Gasteiger partial charge in [0.1, 0.15) is 23.9 Å². The van der Waals surface area contributed by atoms with Gasteiger partial charge in [-0.05, 0) is 54.6 Å². The molecule has 0 saturated carbocycles. The summed E-state index contributed by atoms with van der Waals surface area (Å²) in [6, 6.07) is 17.8. The highest BCUT2D eigenvalue weighted by Gasteiger charge is 2.07. The number of nitrogens with one attached hydrogen (secondary N) is 2. The smallest absolute Gasteiger partial charge is 0.257 e. The average Bonchev–Trinajstić information content (AvgIpc) is 2.72. The van der Waals surface area contributed by atoms with E-state index in [4.69, 9.17) is 21.1 Å². The van der Waals surface area contributed by atoms with Crippen LogP contribution in [0.25, 0.3) is 0 Å². The number of nitrogens with zero attached hydrogens (tertiary/aromatic N) is 1. The Bertz CT molecular complexity index is 915. The van der Waals surface area contributed by atoms with E-state index in [1.54, 1.807) is 43.5 Å². The lowest BCUT2D eigenvalue weighted by molar-refractivity contribution is 0.102. The highest BCUT2D eigenvalue weighted by molar-refractivity contribution is 6.30. The van der Waals surface area contributed by atoms with Crippen molar-refractivity contribution in [2.75, 3.05) is 30.9 Å². The standard InChI is InChI=1S/C21H20ClN3O3/c1-27-18-6-8-19(9-7-18)28-12-11-23-20-10-5-15(14-24-20)21(26)25-17-4-2-3-16(22)13-17/h2-10,13-14H,11-12H2,1H3,(H,23,24)(H,25,26). The third-order valence-electron chi connectivity index (χ3n) is 3.84. The van der Waals surface area contributed by atoms with Crippen LogP contribution >= 0.6 is 11.6 Å². The Balaban J connectivity index is 1.45. The molecule has 144 valence electrons. The third-order valence-corrected chi connectivity index (χ3v) is 4.08. The lowest BCUT2D eigenvalue weighted by Gasteiger charge is -2.09. The molecule has 0 bridgehead atoms. The number of hydrogen-bond acceptors (Lipinski definition) is 5. The first-order chi connectivity index (χ1) is 13.6. The second kappa shape index (κ2) is 9.62. The van der Waals surface area contributed by atoms with Gasteiger partial charge in [-0.25, -0.2) is 4.98 Å². The molecule has 2 N–H and O–H groups in total. The van der Waals surface area contributed by atoms with Gasteiger partial charge < -0.3 is 20.1 Å². The number of ether oxygens (including phenoxy) is 2. The van der Waals surface area contributed by atoms with Gasteiger partial charge in [-0.15, -0.1) is 0 Å². The summed E-state index contributed by atoms with van der Waals surface area (Å²) in [5, 5.41) is 6.50. The van der Waals surface area contributed by atoms with Crippen molar-refractivity contribution in [1.29, 1.82) is 0 Å². The SMILES string of the molecule is COc1ccc(OCCNc2ccc(C(=O)Nc3cccc(Cl)c3)cn2)cc1. The number of carbonyl (C=O) groups excluding carboxylic acids is 1. The molecule has 3 rings (SSSR count). The van der Waals surface area contributed by atoms with E-state index in [-0.39, 0.29) is 5.91 Å². The molecule has 0 radical (unpaired) electrons. The van der Waals surface area contributed by atoms with Gasteiger partial charge in [0.25, 0.3) is 5.91 Å². The Labute approximate surface area is 168 Å². The van der Waals surface area contributed by atoms with Gasteiger partial charge in [-0.2, -0.15) is 0 Å². The predicted molar refractivity (Wildman–Crippen MR) is 111 cm³/mol. The highest BCUT2D eigenvalue weighted by Crippen LogP contribution is 2.17. The normalized spacial score (nSPS) is 10.2. The largest absolute Gasteiger partial charge is 0.497 e. The number of anilines is 2. The number of amides is 1. The van der Waals surface area contributed by atoms with E-state index in [0.717, 1.165) is 11.5 Å². The Morgan fingerprint density at radius 1 is 1.07 bits per heavy atom. The molecule has 1 amide bonds. The lowest BCUT2D eigenvalue weighted by atomic mass is 10.2. The summed E-state index contributed by atoms with van der Waals surface area (Å²) in [6.45, 7) is 1.05. The van der Waals surface area contributed by atoms with Crippen LogP contribution < -0.4 is 20.1 Å². The zero-order chi connectivity index (χ0) is 19.8. The summed E-state index contributed by atoms with van der Waals surface area (Å²) in [5.41, 5.74) is 1.09. The Hall–Kier alpha value is -3.25. The van der Waals surface area contributed by atoms with Crippen LogP contribution in [0.5, 0.6) is 11.5 Å². The summed E-state index contributed by atoms with van der Waals surface area (Å²) in [7, 11) is 1.62. The van der Waals surface area contributed by atoms with Crippen molar-refractivity contribution >= 4 is 29.0 Å². The minimum absolute atomic E-state index is 0.246. The molecule has 0 atom stereocenters. The van der Waals surface area contributed by atoms with Crippen molar-refractivity contribution in [3.05, 3.63) is 77.4 Å². The zero-order valence-corrected chi connectivity index (χ0v) is 16.1. The molecule has 0 aliphatic heterocycles. The Kier molecular flexibility index (Phi) is 6.70. The number of hydrogen-bond donors (Lipinski definition) is 2. The molecule has 0 spiro atoms. The van der Waals surface area contributed by atoms with E-state index >= 15 is 0 Å². The zero-order valence-electron chi connectivity index (χ0n) is 15.3. The second-order valence-electron chi connectivity index (χ2n) is 5.85. The van der Waals surface area contributed by atoms with Crippen LogP contribution in [0.1, 0.15) is 10.4 Å². The molecule has 0 saturated heterocycles. The van der Waals surface area contributed by atoms with Crippen LogP contribution in [0.3, 0.4) is 0 Å². The second-order valence-corrected chi connectivity index (χ2v) is 6.28. The summed E-state index contributed by atoms with van der Waals surface area (Å²) < 4.78 is 10.8. The maximum absolute atomic E-state index is 12.3. The Morgan fingerprint density at radius 3 is 2.54 bits per heavy atom. The first-order valence-electron chi connectivity index (χ1n) is 8.68. The van der Waals surface area contributed by atoms with Crippen molar-refractivity contribution in [2.45, 2.75) is 0 Å². The van der Waals surface area contributed by atoms with Crippen LogP contribution in [0.4, 0.5) is 11.5 Å². The average molecular weight is 398 g/mol. The minimum atomic E-state index is -0.246. The van der Waals surface area contributed by atoms with Crippen molar-refractivity contribution in [2.24, 2.45) is 0 Å². The molecule has 1 aromatic heterocycles.